The van der Waals surface area contributed by atoms with Gasteiger partial charge in [-0.15, -0.1) is 0 Å². The van der Waals surface area contributed by atoms with E-state index in [0.717, 1.165) is 32.2 Å². The Labute approximate surface area is 97.8 Å². The molecule has 1 aliphatic rings. The third kappa shape index (κ3) is 5.47. The summed E-state index contributed by atoms with van der Waals surface area (Å²) in [4.78, 5) is 11.3. The van der Waals surface area contributed by atoms with Gasteiger partial charge in [0.15, 0.2) is 0 Å². The molecule has 0 atom stereocenters. The van der Waals surface area contributed by atoms with Crippen molar-refractivity contribution in [1.82, 2.24) is 10.6 Å². The van der Waals surface area contributed by atoms with Crippen LogP contribution in [0.4, 0.5) is 0 Å². The van der Waals surface area contributed by atoms with Crippen molar-refractivity contribution in [1.29, 1.82) is 0 Å². The van der Waals surface area contributed by atoms with Crippen molar-refractivity contribution >= 4 is 5.91 Å². The Hall–Kier alpha value is -0.610. The molecule has 4 heteroatoms. The lowest BCUT2D eigenvalue weighted by atomic mass is 9.87. The van der Waals surface area contributed by atoms with Crippen LogP contribution in [0.1, 0.15) is 39.5 Å². The molecule has 94 valence electrons. The van der Waals surface area contributed by atoms with E-state index in [1.165, 1.54) is 0 Å². The normalized spacial score (nSPS) is 25.8. The zero-order valence-electron chi connectivity index (χ0n) is 10.3. The van der Waals surface area contributed by atoms with E-state index >= 15 is 0 Å². The lowest BCUT2D eigenvalue weighted by Crippen LogP contribution is -2.39. The van der Waals surface area contributed by atoms with E-state index in [1.54, 1.807) is 0 Å². The third-order valence-corrected chi connectivity index (χ3v) is 2.98. The highest BCUT2D eigenvalue weighted by atomic mass is 16.3. The van der Waals surface area contributed by atoms with Gasteiger partial charge in [-0.1, -0.05) is 0 Å². The van der Waals surface area contributed by atoms with Gasteiger partial charge in [-0.2, -0.15) is 0 Å². The van der Waals surface area contributed by atoms with Crippen LogP contribution in [0, 0.1) is 5.92 Å². The van der Waals surface area contributed by atoms with Gasteiger partial charge in [0.1, 0.15) is 0 Å². The minimum atomic E-state index is -0.0968. The number of carbonyl (C=O) groups is 1. The van der Waals surface area contributed by atoms with Crippen molar-refractivity contribution < 1.29 is 9.90 Å². The molecule has 1 amide bonds. The van der Waals surface area contributed by atoms with Crippen molar-refractivity contribution in [3.8, 4) is 0 Å². The second-order valence-electron chi connectivity index (χ2n) is 5.03. The van der Waals surface area contributed by atoms with Gasteiger partial charge < -0.3 is 15.7 Å². The SMILES string of the molecule is CC(C)NC(=O)CNCC1CCC(O)CC1. The van der Waals surface area contributed by atoms with E-state index in [0.29, 0.717) is 12.5 Å². The second kappa shape index (κ2) is 6.86. The van der Waals surface area contributed by atoms with E-state index in [9.17, 15) is 9.90 Å². The Morgan fingerprint density at radius 2 is 1.94 bits per heavy atom. The van der Waals surface area contributed by atoms with E-state index < -0.39 is 0 Å². The van der Waals surface area contributed by atoms with Gasteiger partial charge in [0.25, 0.3) is 0 Å². The Morgan fingerprint density at radius 3 is 2.50 bits per heavy atom. The minimum absolute atomic E-state index is 0.0610. The van der Waals surface area contributed by atoms with E-state index in [2.05, 4.69) is 10.6 Å². The molecular formula is C12H24N2O2. The molecule has 4 nitrogen and oxygen atoms in total. The smallest absolute Gasteiger partial charge is 0.234 e. The van der Waals surface area contributed by atoms with Crippen LogP contribution in [0.3, 0.4) is 0 Å². The molecule has 1 fully saturated rings. The molecule has 16 heavy (non-hydrogen) atoms. The zero-order valence-corrected chi connectivity index (χ0v) is 10.3. The maximum absolute atomic E-state index is 11.3. The zero-order chi connectivity index (χ0) is 12.0. The van der Waals surface area contributed by atoms with Crippen molar-refractivity contribution in [3.05, 3.63) is 0 Å². The average molecular weight is 228 g/mol. The molecule has 0 aliphatic heterocycles. The van der Waals surface area contributed by atoms with Gasteiger partial charge in [0.05, 0.1) is 12.6 Å². The first kappa shape index (κ1) is 13.5. The largest absolute Gasteiger partial charge is 0.393 e. The quantitative estimate of drug-likeness (QED) is 0.647. The molecule has 0 saturated heterocycles. The van der Waals surface area contributed by atoms with Crippen molar-refractivity contribution in [2.24, 2.45) is 5.92 Å². The molecule has 0 aromatic carbocycles. The Morgan fingerprint density at radius 1 is 1.31 bits per heavy atom. The molecule has 1 aliphatic carbocycles. The minimum Gasteiger partial charge on any atom is -0.393 e. The summed E-state index contributed by atoms with van der Waals surface area (Å²) in [6.07, 6.45) is 3.86. The standard InChI is InChI=1S/C12H24N2O2/c1-9(2)14-12(16)8-13-7-10-3-5-11(15)6-4-10/h9-11,13,15H,3-8H2,1-2H3,(H,14,16). The Bertz CT molecular complexity index is 211. The molecule has 1 rings (SSSR count). The number of hydrogen-bond donors (Lipinski definition) is 3. The number of hydrogen-bond acceptors (Lipinski definition) is 3. The molecule has 0 unspecified atom stereocenters. The molecule has 3 N–H and O–H groups in total. The van der Waals surface area contributed by atoms with E-state index in [4.69, 9.17) is 0 Å². The summed E-state index contributed by atoms with van der Waals surface area (Å²) in [5.41, 5.74) is 0. The number of carbonyl (C=O) groups excluding carboxylic acids is 1. The van der Waals surface area contributed by atoms with Gasteiger partial charge in [-0.05, 0) is 52.0 Å². The van der Waals surface area contributed by atoms with Crippen LogP contribution in [-0.4, -0.2) is 36.2 Å². The lowest BCUT2D eigenvalue weighted by Gasteiger charge is -2.25. The summed E-state index contributed by atoms with van der Waals surface area (Å²) >= 11 is 0. The highest BCUT2D eigenvalue weighted by molar-refractivity contribution is 5.78. The fourth-order valence-electron chi connectivity index (χ4n) is 2.11. The van der Waals surface area contributed by atoms with Crippen LogP contribution in [-0.2, 0) is 4.79 Å². The number of aliphatic hydroxyl groups is 1. The van der Waals surface area contributed by atoms with Gasteiger partial charge in [0.2, 0.25) is 5.91 Å². The predicted octanol–water partition coefficient (Wildman–Crippen LogP) is 0.652. The maximum Gasteiger partial charge on any atom is 0.234 e. The summed E-state index contributed by atoms with van der Waals surface area (Å²) in [6, 6.07) is 0.208. The van der Waals surface area contributed by atoms with E-state index in [1.807, 2.05) is 13.8 Å². The summed E-state index contributed by atoms with van der Waals surface area (Å²) in [6.45, 7) is 5.20. The second-order valence-corrected chi connectivity index (χ2v) is 5.03. The fraction of sp³-hybridized carbons (Fsp3) is 0.917. The third-order valence-electron chi connectivity index (χ3n) is 2.98. The number of nitrogens with one attached hydrogen (secondary N) is 2. The molecule has 0 heterocycles. The van der Waals surface area contributed by atoms with Gasteiger partial charge in [-0.25, -0.2) is 0 Å². The number of amides is 1. The summed E-state index contributed by atoms with van der Waals surface area (Å²) in [7, 11) is 0. The molecule has 0 spiro atoms. The molecular weight excluding hydrogens is 204 g/mol. The maximum atomic E-state index is 11.3. The summed E-state index contributed by atoms with van der Waals surface area (Å²) in [5, 5.41) is 15.4. The highest BCUT2D eigenvalue weighted by Gasteiger charge is 2.18. The molecule has 0 bridgehead atoms. The van der Waals surface area contributed by atoms with Crippen molar-refractivity contribution in [2.75, 3.05) is 13.1 Å². The molecule has 0 aromatic heterocycles. The Balaban J connectivity index is 2.04. The molecule has 1 saturated carbocycles. The first-order chi connectivity index (χ1) is 7.58. The first-order valence-corrected chi connectivity index (χ1v) is 6.26. The van der Waals surface area contributed by atoms with Gasteiger partial charge in [-0.3, -0.25) is 4.79 Å². The lowest BCUT2D eigenvalue weighted by molar-refractivity contribution is -0.120. The van der Waals surface area contributed by atoms with Crippen molar-refractivity contribution in [3.63, 3.8) is 0 Å². The van der Waals surface area contributed by atoms with Crippen LogP contribution in [0.2, 0.25) is 0 Å². The van der Waals surface area contributed by atoms with Crippen LogP contribution in [0.5, 0.6) is 0 Å². The van der Waals surface area contributed by atoms with Crippen molar-refractivity contribution in [2.45, 2.75) is 51.7 Å². The average Bonchev–Trinajstić information content (AvgIpc) is 2.20. The number of aliphatic hydroxyl groups excluding tert-OH is 1. The van der Waals surface area contributed by atoms with Gasteiger partial charge in [0, 0.05) is 6.04 Å². The number of rotatable bonds is 5. The molecule has 0 radical (unpaired) electrons. The van der Waals surface area contributed by atoms with Crippen LogP contribution < -0.4 is 10.6 Å². The first-order valence-electron chi connectivity index (χ1n) is 6.26. The van der Waals surface area contributed by atoms with Crippen LogP contribution >= 0.6 is 0 Å². The van der Waals surface area contributed by atoms with Crippen LogP contribution in [0.15, 0.2) is 0 Å². The monoisotopic (exact) mass is 228 g/mol. The predicted molar refractivity (Wildman–Crippen MR) is 64.1 cm³/mol. The van der Waals surface area contributed by atoms with Gasteiger partial charge >= 0.3 is 0 Å². The summed E-state index contributed by atoms with van der Waals surface area (Å²) in [5.74, 6) is 0.682. The van der Waals surface area contributed by atoms with Crippen LogP contribution in [0.25, 0.3) is 0 Å². The summed E-state index contributed by atoms with van der Waals surface area (Å²) < 4.78 is 0. The van der Waals surface area contributed by atoms with E-state index in [-0.39, 0.29) is 18.1 Å². The highest BCUT2D eigenvalue weighted by Crippen LogP contribution is 2.23. The fourth-order valence-corrected chi connectivity index (χ4v) is 2.11. The molecule has 0 aromatic rings. The Kier molecular flexibility index (Phi) is 5.77. The topological polar surface area (TPSA) is 61.4 Å².